The third-order valence-corrected chi connectivity index (χ3v) is 13.7. The van der Waals surface area contributed by atoms with Crippen molar-refractivity contribution in [3.63, 3.8) is 0 Å². The van der Waals surface area contributed by atoms with Gasteiger partial charge in [0, 0.05) is 78.4 Å². The summed E-state index contributed by atoms with van der Waals surface area (Å²) in [5.74, 6) is 0.454. The Labute approximate surface area is 333 Å². The smallest absolute Gasteiger partial charge is 0.306 e. The van der Waals surface area contributed by atoms with Gasteiger partial charge in [0.2, 0.25) is 5.36 Å². The number of ether oxygens (including phenoxy) is 1. The van der Waals surface area contributed by atoms with Crippen molar-refractivity contribution in [1.82, 2.24) is 8.88 Å². The highest BCUT2D eigenvalue weighted by Crippen LogP contribution is 2.46. The van der Waals surface area contributed by atoms with Gasteiger partial charge in [-0.25, -0.2) is 13.1 Å². The Morgan fingerprint density at radius 2 is 1.56 bits per heavy atom. The number of nitrogens with zero attached hydrogens (tertiary/aromatic N) is 5. The second-order valence-corrected chi connectivity index (χ2v) is 17.3. The minimum atomic E-state index is -1.50. The quantitative estimate of drug-likeness (QED) is 0.130. The Morgan fingerprint density at radius 3 is 2.35 bits per heavy atom. The molecule has 1 N–H and O–H groups in total. The number of carboxylic acid groups (broad SMARTS) is 1. The number of piperidine rings is 1. The van der Waals surface area contributed by atoms with Crippen LogP contribution in [0.4, 0.5) is 17.1 Å². The van der Waals surface area contributed by atoms with Crippen molar-refractivity contribution < 1.29 is 18.8 Å². The average molecular weight is 775 g/mol. The zero-order valence-corrected chi connectivity index (χ0v) is 33.0. The molecule has 0 aromatic heterocycles. The highest BCUT2D eigenvalue weighted by molar-refractivity contribution is 7.82. The number of anilines is 1. The zero-order chi connectivity index (χ0) is 38.8. The van der Waals surface area contributed by atoms with Gasteiger partial charge < -0.3 is 14.7 Å². The number of benzene rings is 6. The number of carboxylic acids is 1. The van der Waals surface area contributed by atoms with Gasteiger partial charge in [0.05, 0.1) is 22.2 Å². The summed E-state index contributed by atoms with van der Waals surface area (Å²) in [6.45, 7) is 3.16. The summed E-state index contributed by atoms with van der Waals surface area (Å²) in [5, 5.41) is 25.6. The maximum atomic E-state index is 14.4. The molecule has 1 atom stereocenters. The Bertz CT molecular complexity index is 2820. The molecule has 0 bridgehead atoms. The molecule has 4 aliphatic heterocycles. The Balaban J connectivity index is 1.14. The fourth-order valence-corrected chi connectivity index (χ4v) is 10.6. The molecule has 0 saturated carbocycles. The van der Waals surface area contributed by atoms with Crippen LogP contribution >= 0.6 is 0 Å². The van der Waals surface area contributed by atoms with Crippen molar-refractivity contribution in [2.45, 2.75) is 43.4 Å². The number of carbonyl (C=O) groups is 1. The zero-order valence-electron chi connectivity index (χ0n) is 32.2. The van der Waals surface area contributed by atoms with Crippen LogP contribution in [0.3, 0.4) is 0 Å². The summed E-state index contributed by atoms with van der Waals surface area (Å²) in [5.41, 5.74) is 8.13. The van der Waals surface area contributed by atoms with Crippen molar-refractivity contribution in [2.75, 3.05) is 45.2 Å². The van der Waals surface area contributed by atoms with E-state index in [4.69, 9.17) is 4.74 Å². The van der Waals surface area contributed by atoms with Gasteiger partial charge >= 0.3 is 5.97 Å². The molecular formula is C47H44N5O4S+. The van der Waals surface area contributed by atoms with Crippen molar-refractivity contribution in [3.8, 4) is 22.6 Å². The molecule has 0 amide bonds. The normalized spacial score (nSPS) is 17.1. The maximum Gasteiger partial charge on any atom is 0.306 e. The van der Waals surface area contributed by atoms with Crippen molar-refractivity contribution >= 4 is 61.6 Å². The molecule has 286 valence electrons. The lowest BCUT2D eigenvalue weighted by Gasteiger charge is -2.29. The molecule has 4 heterocycles. The molecule has 57 heavy (non-hydrogen) atoms. The van der Waals surface area contributed by atoms with Gasteiger partial charge in [-0.05, 0) is 114 Å². The van der Waals surface area contributed by atoms with Crippen LogP contribution < -0.4 is 24.8 Å². The minimum absolute atomic E-state index is 0.406. The summed E-state index contributed by atoms with van der Waals surface area (Å²) in [6, 6.07) is 31.0. The van der Waals surface area contributed by atoms with Gasteiger partial charge in [-0.3, -0.25) is 4.79 Å². The fraction of sp³-hybridized carbons (Fsp3) is 0.277. The average Bonchev–Trinajstić information content (AvgIpc) is 3.24. The van der Waals surface area contributed by atoms with Crippen LogP contribution in [-0.2, 0) is 28.6 Å². The molecular weight excluding hydrogens is 731 g/mol. The predicted molar refractivity (Wildman–Crippen MR) is 227 cm³/mol. The Hall–Kier alpha value is -5.71. The minimum Gasteiger partial charge on any atom is -0.481 e. The highest BCUT2D eigenvalue weighted by atomic mass is 32.2. The monoisotopic (exact) mass is 774 g/mol. The molecule has 6 aromatic rings. The van der Waals surface area contributed by atoms with Crippen LogP contribution in [0.5, 0.6) is 11.5 Å². The van der Waals surface area contributed by atoms with E-state index in [-0.39, 0.29) is 0 Å². The van der Waals surface area contributed by atoms with E-state index in [1.54, 1.807) is 0 Å². The number of aryl methyl sites for hydroxylation is 2. The van der Waals surface area contributed by atoms with Gasteiger partial charge in [0.1, 0.15) is 35.6 Å². The Kier molecular flexibility index (Phi) is 8.98. The van der Waals surface area contributed by atoms with E-state index in [1.165, 1.54) is 21.9 Å². The number of rotatable bonds is 7. The van der Waals surface area contributed by atoms with Crippen LogP contribution in [0.2, 0.25) is 0 Å². The molecule has 4 aliphatic rings. The van der Waals surface area contributed by atoms with Crippen molar-refractivity contribution in [1.29, 1.82) is 0 Å². The fourth-order valence-electron chi connectivity index (χ4n) is 9.25. The predicted octanol–water partition coefficient (Wildman–Crippen LogP) is 8.28. The standard InChI is InChI=1S/C47H43N5O4S/c1-50(2)35-15-12-33(13-16-35)48-49-34-14-18-36-32(25-34)28-40(38-8-3-4-10-43(38)57(55)52-23-19-29(20-24-52)47(53)54)42-27-31-11-17-37-39-9-6-22-51-21-5-7-30(44(39)51)26-41(37)45(31)56-46(36)42/h3-4,8,10-18,25-29H,5-7,9,19-24H2,1-2H3/p+1. The number of hydrogen-bond acceptors (Lipinski definition) is 6. The first-order valence-corrected chi connectivity index (χ1v) is 21.1. The van der Waals surface area contributed by atoms with Crippen LogP contribution in [-0.4, -0.2) is 59.9 Å². The number of aliphatic carboxylic acids is 1. The van der Waals surface area contributed by atoms with E-state index in [1.807, 2.05) is 79.1 Å². The highest BCUT2D eigenvalue weighted by Gasteiger charge is 2.31. The number of fused-ring (bicyclic) bond motifs is 7. The second kappa shape index (κ2) is 14.3. The third-order valence-electron chi connectivity index (χ3n) is 12.2. The molecule has 6 aromatic carbocycles. The molecule has 0 radical (unpaired) electrons. The van der Waals surface area contributed by atoms with Crippen LogP contribution in [0.25, 0.3) is 38.7 Å². The van der Waals surface area contributed by atoms with E-state index in [9.17, 15) is 14.1 Å². The van der Waals surface area contributed by atoms with E-state index in [2.05, 4.69) is 56.1 Å². The summed E-state index contributed by atoms with van der Waals surface area (Å²) >= 11 is 0. The lowest BCUT2D eigenvalue weighted by atomic mass is 9.88. The van der Waals surface area contributed by atoms with Gasteiger partial charge in [-0.2, -0.15) is 10.2 Å². The van der Waals surface area contributed by atoms with Gasteiger partial charge in [-0.15, -0.1) is 0 Å². The van der Waals surface area contributed by atoms with E-state index in [0.717, 1.165) is 99.7 Å². The molecule has 1 unspecified atom stereocenters. The molecule has 9 nitrogen and oxygen atoms in total. The molecule has 0 spiro atoms. The number of azo groups is 1. The van der Waals surface area contributed by atoms with E-state index >= 15 is 0 Å². The lowest BCUT2D eigenvalue weighted by molar-refractivity contribution is -0.142. The first kappa shape index (κ1) is 35.7. The summed E-state index contributed by atoms with van der Waals surface area (Å²) < 4.78 is 26.1. The van der Waals surface area contributed by atoms with Crippen LogP contribution in [0.1, 0.15) is 42.4 Å². The first-order chi connectivity index (χ1) is 27.8. The molecule has 1 fully saturated rings. The van der Waals surface area contributed by atoms with E-state index in [0.29, 0.717) is 36.5 Å². The summed E-state index contributed by atoms with van der Waals surface area (Å²) in [7, 11) is 2.52. The molecule has 10 rings (SSSR count). The maximum absolute atomic E-state index is 14.4. The number of hydrogen-bond donors (Lipinski definition) is 1. The molecule has 1 saturated heterocycles. The van der Waals surface area contributed by atoms with E-state index < -0.39 is 22.9 Å². The van der Waals surface area contributed by atoms with Crippen molar-refractivity contribution in [3.05, 3.63) is 118 Å². The largest absolute Gasteiger partial charge is 0.481 e. The second-order valence-electron chi connectivity index (χ2n) is 15.9. The van der Waals surface area contributed by atoms with Crippen LogP contribution in [0, 0.1) is 5.92 Å². The molecule has 10 heteroatoms. The SMILES string of the molecule is CN(C)c1ccc(N=Nc2ccc3c4c(c(-c5ccccc5S(=O)N5CCC(C(=O)O)CC5)cc3c2)C=c2ccc3c5c6c(cc3c2O4)CCC[N+]=6CCC5)cc1. The first-order valence-electron chi connectivity index (χ1n) is 20.0. The Morgan fingerprint density at radius 1 is 0.825 bits per heavy atom. The summed E-state index contributed by atoms with van der Waals surface area (Å²) in [4.78, 5) is 14.4. The summed E-state index contributed by atoms with van der Waals surface area (Å²) in [6.07, 6.45) is 7.65. The van der Waals surface area contributed by atoms with Crippen molar-refractivity contribution in [2.24, 2.45) is 16.1 Å². The third kappa shape index (κ3) is 6.31. The lowest BCUT2D eigenvalue weighted by Crippen LogP contribution is -2.43. The van der Waals surface area contributed by atoms with Crippen LogP contribution in [0.15, 0.2) is 106 Å². The van der Waals surface area contributed by atoms with Gasteiger partial charge in [-0.1, -0.05) is 30.3 Å². The molecule has 0 aliphatic carbocycles. The topological polar surface area (TPSA) is 97.8 Å². The van der Waals surface area contributed by atoms with Gasteiger partial charge in [0.25, 0.3) is 0 Å². The van der Waals surface area contributed by atoms with Gasteiger partial charge in [0.15, 0.2) is 0 Å².